The lowest BCUT2D eigenvalue weighted by Crippen LogP contribution is -2.25. The molecule has 21 heavy (non-hydrogen) atoms. The number of nitro groups is 1. The van der Waals surface area contributed by atoms with Crippen molar-refractivity contribution < 1.29 is 24.0 Å². The number of benzene rings is 1. The van der Waals surface area contributed by atoms with Crippen LogP contribution >= 0.6 is 0 Å². The number of hydrogen-bond donors (Lipinski definition) is 1. The molecule has 0 bridgehead atoms. The maximum atomic E-state index is 14.2. The van der Waals surface area contributed by atoms with Crippen molar-refractivity contribution >= 4 is 17.3 Å². The molecule has 1 aliphatic heterocycles. The van der Waals surface area contributed by atoms with E-state index in [1.807, 2.05) is 0 Å². The Hall–Kier alpha value is -2.22. The van der Waals surface area contributed by atoms with Crippen LogP contribution in [0.15, 0.2) is 12.1 Å². The average molecular weight is 298 g/mol. The van der Waals surface area contributed by atoms with E-state index in [0.717, 1.165) is 12.1 Å². The molecule has 0 saturated carbocycles. The summed E-state index contributed by atoms with van der Waals surface area (Å²) in [7, 11) is 0. The minimum atomic E-state index is -0.874. The largest absolute Gasteiger partial charge is 0.462 e. The Morgan fingerprint density at radius 2 is 2.33 bits per heavy atom. The molecule has 1 saturated heterocycles. The quantitative estimate of drug-likeness (QED) is 0.514. The first-order valence-electron chi connectivity index (χ1n) is 6.52. The van der Waals surface area contributed by atoms with Crippen LogP contribution in [0.5, 0.6) is 0 Å². The van der Waals surface area contributed by atoms with Gasteiger partial charge in [-0.1, -0.05) is 0 Å². The molecule has 8 heteroatoms. The Morgan fingerprint density at radius 1 is 1.62 bits per heavy atom. The minimum Gasteiger partial charge on any atom is -0.462 e. The smallest absolute Gasteiger partial charge is 0.340 e. The van der Waals surface area contributed by atoms with Gasteiger partial charge in [0.1, 0.15) is 0 Å². The van der Waals surface area contributed by atoms with Crippen LogP contribution in [0.1, 0.15) is 23.7 Å². The van der Waals surface area contributed by atoms with Gasteiger partial charge in [0.05, 0.1) is 35.0 Å². The Kier molecular flexibility index (Phi) is 4.37. The van der Waals surface area contributed by atoms with Crippen molar-refractivity contribution in [1.82, 2.24) is 0 Å². The number of anilines is 1. The third-order valence-electron chi connectivity index (χ3n) is 3.23. The van der Waals surface area contributed by atoms with E-state index in [2.05, 4.69) is 0 Å². The zero-order valence-electron chi connectivity index (χ0n) is 11.4. The highest BCUT2D eigenvalue weighted by atomic mass is 19.1. The molecule has 1 aromatic carbocycles. The minimum absolute atomic E-state index is 0.0596. The molecule has 1 heterocycles. The Balaban J connectivity index is 2.50. The fourth-order valence-corrected chi connectivity index (χ4v) is 2.32. The molecular weight excluding hydrogens is 283 g/mol. The van der Waals surface area contributed by atoms with Crippen LogP contribution in [0.2, 0.25) is 0 Å². The highest BCUT2D eigenvalue weighted by molar-refractivity contribution is 5.97. The zero-order chi connectivity index (χ0) is 15.6. The first kappa shape index (κ1) is 15.2. The number of nitro benzene ring substituents is 1. The summed E-state index contributed by atoms with van der Waals surface area (Å²) in [4.78, 5) is 23.5. The highest BCUT2D eigenvalue weighted by Crippen LogP contribution is 2.32. The predicted molar refractivity (Wildman–Crippen MR) is 71.8 cm³/mol. The van der Waals surface area contributed by atoms with Gasteiger partial charge in [0.2, 0.25) is 0 Å². The molecule has 7 nitrogen and oxygen atoms in total. The van der Waals surface area contributed by atoms with Gasteiger partial charge in [0.25, 0.3) is 5.69 Å². The predicted octanol–water partition coefficient (Wildman–Crippen LogP) is 1.48. The molecule has 0 spiro atoms. The lowest BCUT2D eigenvalue weighted by atomic mass is 10.1. The van der Waals surface area contributed by atoms with E-state index >= 15 is 0 Å². The van der Waals surface area contributed by atoms with Gasteiger partial charge in [-0.2, -0.15) is 0 Å². The standard InChI is InChI=1S/C13H15FN2O5/c1-2-21-13(18)10-5-8(16(19)20)6-11(14)12(10)15-4-3-9(17)7-15/h5-6,9,17H,2-4,7H2,1H3/t9-/m1/s1. The van der Waals surface area contributed by atoms with E-state index in [-0.39, 0.29) is 24.4 Å². The van der Waals surface area contributed by atoms with Gasteiger partial charge >= 0.3 is 5.97 Å². The lowest BCUT2D eigenvalue weighted by molar-refractivity contribution is -0.385. The van der Waals surface area contributed by atoms with Crippen LogP contribution in [-0.4, -0.2) is 41.8 Å². The molecular formula is C13H15FN2O5. The third-order valence-corrected chi connectivity index (χ3v) is 3.23. The summed E-state index contributed by atoms with van der Waals surface area (Å²) in [5.74, 6) is -1.70. The van der Waals surface area contributed by atoms with E-state index < -0.39 is 28.5 Å². The fraction of sp³-hybridized carbons (Fsp3) is 0.462. The molecule has 0 aliphatic carbocycles. The van der Waals surface area contributed by atoms with E-state index in [4.69, 9.17) is 4.74 Å². The number of nitrogens with zero attached hydrogens (tertiary/aromatic N) is 2. The van der Waals surface area contributed by atoms with E-state index in [9.17, 15) is 24.4 Å². The van der Waals surface area contributed by atoms with Crippen LogP contribution in [0.25, 0.3) is 0 Å². The van der Waals surface area contributed by atoms with Crippen molar-refractivity contribution in [2.75, 3.05) is 24.6 Å². The van der Waals surface area contributed by atoms with Crippen LogP contribution in [-0.2, 0) is 4.74 Å². The number of aliphatic hydroxyl groups is 1. The Morgan fingerprint density at radius 3 is 2.86 bits per heavy atom. The molecule has 1 aliphatic rings. The van der Waals surface area contributed by atoms with Crippen molar-refractivity contribution in [2.45, 2.75) is 19.4 Å². The second kappa shape index (κ2) is 6.04. The van der Waals surface area contributed by atoms with Crippen LogP contribution in [0, 0.1) is 15.9 Å². The van der Waals surface area contributed by atoms with E-state index in [0.29, 0.717) is 13.0 Å². The number of aliphatic hydroxyl groups excluding tert-OH is 1. The van der Waals surface area contributed by atoms with Crippen molar-refractivity contribution in [3.8, 4) is 0 Å². The summed E-state index contributed by atoms with van der Waals surface area (Å²) in [5, 5.41) is 20.3. The SMILES string of the molecule is CCOC(=O)c1cc([N+](=O)[O-])cc(F)c1N1CC[C@@H](O)C1. The number of hydrogen-bond acceptors (Lipinski definition) is 6. The van der Waals surface area contributed by atoms with Crippen molar-refractivity contribution in [3.63, 3.8) is 0 Å². The van der Waals surface area contributed by atoms with Gasteiger partial charge in [-0.05, 0) is 13.3 Å². The van der Waals surface area contributed by atoms with Gasteiger partial charge in [-0.15, -0.1) is 0 Å². The maximum Gasteiger partial charge on any atom is 0.340 e. The van der Waals surface area contributed by atoms with E-state index in [1.165, 1.54) is 4.90 Å². The summed E-state index contributed by atoms with van der Waals surface area (Å²) in [6, 6.07) is 1.77. The molecule has 0 unspecified atom stereocenters. The fourth-order valence-electron chi connectivity index (χ4n) is 2.32. The number of esters is 1. The number of carbonyl (C=O) groups excluding carboxylic acids is 1. The second-order valence-electron chi connectivity index (χ2n) is 4.69. The number of carbonyl (C=O) groups is 1. The third kappa shape index (κ3) is 3.10. The van der Waals surface area contributed by atoms with Gasteiger partial charge in [-0.25, -0.2) is 9.18 Å². The molecule has 114 valence electrons. The van der Waals surface area contributed by atoms with Crippen molar-refractivity contribution in [3.05, 3.63) is 33.6 Å². The number of non-ortho nitro benzene ring substituents is 1. The van der Waals surface area contributed by atoms with Crippen LogP contribution in [0.3, 0.4) is 0 Å². The van der Waals surface area contributed by atoms with Crippen molar-refractivity contribution in [1.29, 1.82) is 0 Å². The number of β-amino-alcohol motifs (C(OH)–C–C–N with tert-alkyl or cyclic N) is 1. The van der Waals surface area contributed by atoms with Crippen LogP contribution in [0.4, 0.5) is 15.8 Å². The highest BCUT2D eigenvalue weighted by Gasteiger charge is 2.30. The Labute approximate surface area is 120 Å². The van der Waals surface area contributed by atoms with E-state index in [1.54, 1.807) is 6.92 Å². The molecule has 0 amide bonds. The zero-order valence-corrected chi connectivity index (χ0v) is 11.4. The number of ether oxygens (including phenoxy) is 1. The summed E-state index contributed by atoms with van der Waals surface area (Å²) < 4.78 is 19.0. The molecule has 1 fully saturated rings. The summed E-state index contributed by atoms with van der Waals surface area (Å²) >= 11 is 0. The van der Waals surface area contributed by atoms with Gasteiger partial charge < -0.3 is 14.7 Å². The molecule has 1 N–H and O–H groups in total. The van der Waals surface area contributed by atoms with Crippen LogP contribution < -0.4 is 4.90 Å². The van der Waals surface area contributed by atoms with Gasteiger partial charge in [0.15, 0.2) is 5.82 Å². The number of rotatable bonds is 4. The molecule has 0 radical (unpaired) electrons. The lowest BCUT2D eigenvalue weighted by Gasteiger charge is -2.21. The molecule has 0 aromatic heterocycles. The first-order chi connectivity index (χ1) is 9.93. The normalized spacial score (nSPS) is 17.9. The molecule has 1 atom stereocenters. The monoisotopic (exact) mass is 298 g/mol. The molecule has 2 rings (SSSR count). The average Bonchev–Trinajstić information content (AvgIpc) is 2.84. The topological polar surface area (TPSA) is 92.9 Å². The summed E-state index contributed by atoms with van der Waals surface area (Å²) in [5.41, 5.74) is -0.771. The van der Waals surface area contributed by atoms with Gasteiger partial charge in [-0.3, -0.25) is 10.1 Å². The summed E-state index contributed by atoms with van der Waals surface area (Å²) in [6.07, 6.45) is -0.173. The number of halogens is 1. The summed E-state index contributed by atoms with van der Waals surface area (Å²) in [6.45, 7) is 2.19. The Bertz CT molecular complexity index is 578. The first-order valence-corrected chi connectivity index (χ1v) is 6.52. The maximum absolute atomic E-state index is 14.2. The molecule has 1 aromatic rings. The van der Waals surface area contributed by atoms with Crippen molar-refractivity contribution in [2.24, 2.45) is 0 Å². The second-order valence-corrected chi connectivity index (χ2v) is 4.69. The van der Waals surface area contributed by atoms with Gasteiger partial charge in [0, 0.05) is 19.2 Å².